The highest BCUT2D eigenvalue weighted by Gasteiger charge is 2.59. The highest BCUT2D eigenvalue weighted by molar-refractivity contribution is 9.10. The van der Waals surface area contributed by atoms with Gasteiger partial charge >= 0.3 is 0 Å². The number of nitrogens with zero attached hydrogens (tertiary/aromatic N) is 2. The Balaban J connectivity index is 1.38. The molecule has 3 atom stereocenters. The Bertz CT molecular complexity index is 1300. The molecule has 6 rings (SSSR count). The lowest BCUT2D eigenvalue weighted by molar-refractivity contribution is 0.0731. The Morgan fingerprint density at radius 3 is 2.65 bits per heavy atom. The normalized spacial score (nSPS) is 25.9. The second-order valence-corrected chi connectivity index (χ2v) is 12.5. The van der Waals surface area contributed by atoms with Crippen LogP contribution >= 0.6 is 15.9 Å². The van der Waals surface area contributed by atoms with Crippen molar-refractivity contribution in [2.24, 2.45) is 16.7 Å². The van der Waals surface area contributed by atoms with Crippen LogP contribution in [-0.4, -0.2) is 21.7 Å². The largest absolute Gasteiger partial charge is 0.347 e. The Labute approximate surface area is 210 Å². The first-order valence-corrected chi connectivity index (χ1v) is 13.2. The molecule has 5 heteroatoms. The number of benzene rings is 2. The van der Waals surface area contributed by atoms with Crippen LogP contribution in [0.2, 0.25) is 0 Å². The molecule has 2 aromatic carbocycles. The molecule has 0 radical (unpaired) electrons. The van der Waals surface area contributed by atoms with E-state index in [0.29, 0.717) is 18.2 Å². The molecule has 3 unspecified atom stereocenters. The Kier molecular flexibility index (Phi) is 4.90. The van der Waals surface area contributed by atoms with E-state index in [1.807, 2.05) is 4.68 Å². The monoisotopic (exact) mass is 517 g/mol. The third kappa shape index (κ3) is 3.30. The fraction of sp³-hybridized carbons (Fsp3) is 0.448. The number of aryl methyl sites for hydroxylation is 1. The maximum Gasteiger partial charge on any atom is 0.272 e. The number of fused-ring (bicyclic) bond motifs is 5. The lowest BCUT2D eigenvalue weighted by Crippen LogP contribution is -2.52. The fourth-order valence-electron chi connectivity index (χ4n) is 7.12. The second-order valence-electron chi connectivity index (χ2n) is 11.6. The number of rotatable bonds is 4. The van der Waals surface area contributed by atoms with Gasteiger partial charge in [0, 0.05) is 28.1 Å². The van der Waals surface area contributed by atoms with E-state index in [4.69, 9.17) is 5.10 Å². The highest BCUT2D eigenvalue weighted by atomic mass is 79.9. The first kappa shape index (κ1) is 22.1. The quantitative estimate of drug-likeness (QED) is 0.335. The van der Waals surface area contributed by atoms with E-state index >= 15 is 0 Å². The lowest BCUT2D eigenvalue weighted by atomic mass is 9.68. The van der Waals surface area contributed by atoms with E-state index in [-0.39, 0.29) is 22.8 Å². The van der Waals surface area contributed by atoms with Crippen LogP contribution in [0.4, 0.5) is 0 Å². The number of hydrogen-bond donors (Lipinski definition) is 1. The molecule has 1 aromatic heterocycles. The van der Waals surface area contributed by atoms with Crippen molar-refractivity contribution in [3.05, 3.63) is 74.9 Å². The molecule has 1 heterocycles. The maximum atomic E-state index is 13.8. The SMILES string of the molecule is Cc1ccc(Cn2nc(C(=O)NC3C4(C)CCC(C4)C3(C)C)c3c2-c2ccc(Br)cc2C3)cc1. The predicted octanol–water partition coefficient (Wildman–Crippen LogP) is 6.52. The van der Waals surface area contributed by atoms with Crippen molar-refractivity contribution < 1.29 is 4.79 Å². The Morgan fingerprint density at radius 1 is 1.18 bits per heavy atom. The molecule has 2 saturated carbocycles. The van der Waals surface area contributed by atoms with Gasteiger partial charge in [-0.2, -0.15) is 5.10 Å². The van der Waals surface area contributed by atoms with Crippen LogP contribution in [0.15, 0.2) is 46.9 Å². The summed E-state index contributed by atoms with van der Waals surface area (Å²) < 4.78 is 3.11. The molecule has 0 spiro atoms. The topological polar surface area (TPSA) is 46.9 Å². The number of halogens is 1. The van der Waals surface area contributed by atoms with E-state index in [0.717, 1.165) is 22.2 Å². The van der Waals surface area contributed by atoms with E-state index < -0.39 is 0 Å². The van der Waals surface area contributed by atoms with Crippen LogP contribution in [0.3, 0.4) is 0 Å². The lowest BCUT2D eigenvalue weighted by Gasteiger charge is -2.43. The van der Waals surface area contributed by atoms with Crippen LogP contribution in [-0.2, 0) is 13.0 Å². The van der Waals surface area contributed by atoms with Crippen molar-refractivity contribution in [1.82, 2.24) is 15.1 Å². The van der Waals surface area contributed by atoms with Crippen LogP contribution in [0.1, 0.15) is 72.8 Å². The summed E-state index contributed by atoms with van der Waals surface area (Å²) in [5.41, 5.74) is 7.91. The van der Waals surface area contributed by atoms with Gasteiger partial charge in [0.15, 0.2) is 5.69 Å². The summed E-state index contributed by atoms with van der Waals surface area (Å²) in [6.45, 7) is 9.78. The second kappa shape index (κ2) is 7.55. The smallest absolute Gasteiger partial charge is 0.272 e. The molecule has 0 aliphatic heterocycles. The standard InChI is InChI=1S/C29H32BrN3O/c1-17-5-7-18(8-6-17)16-33-25-22-10-9-21(30)13-19(22)14-23(25)24(32-33)26(34)31-27-28(2,3)20-11-12-29(27,4)15-20/h5-10,13,20,27H,11-12,14-16H2,1-4H3,(H,31,34). The number of nitrogens with one attached hydrogen (secondary N) is 1. The molecule has 2 fully saturated rings. The molecule has 3 aromatic rings. The number of hydrogen-bond acceptors (Lipinski definition) is 2. The number of aromatic nitrogens is 2. The Morgan fingerprint density at radius 2 is 1.94 bits per heavy atom. The van der Waals surface area contributed by atoms with Gasteiger partial charge in [-0.25, -0.2) is 0 Å². The van der Waals surface area contributed by atoms with Crippen molar-refractivity contribution in [3.63, 3.8) is 0 Å². The minimum Gasteiger partial charge on any atom is -0.347 e. The minimum atomic E-state index is -0.0161. The van der Waals surface area contributed by atoms with E-state index in [1.165, 1.54) is 41.5 Å². The van der Waals surface area contributed by atoms with Crippen molar-refractivity contribution in [2.45, 2.75) is 66.0 Å². The van der Waals surface area contributed by atoms with Gasteiger partial charge in [0.05, 0.1) is 12.2 Å². The first-order chi connectivity index (χ1) is 16.2. The summed E-state index contributed by atoms with van der Waals surface area (Å²) >= 11 is 3.62. The van der Waals surface area contributed by atoms with E-state index in [9.17, 15) is 4.79 Å². The van der Waals surface area contributed by atoms with Gasteiger partial charge in [-0.3, -0.25) is 9.48 Å². The summed E-state index contributed by atoms with van der Waals surface area (Å²) in [7, 11) is 0. The third-order valence-corrected chi connectivity index (χ3v) is 9.45. The molecular weight excluding hydrogens is 486 g/mol. The highest BCUT2D eigenvalue weighted by Crippen LogP contribution is 2.62. The molecule has 34 heavy (non-hydrogen) atoms. The predicted molar refractivity (Wildman–Crippen MR) is 139 cm³/mol. The molecular formula is C29H32BrN3O. The summed E-state index contributed by atoms with van der Waals surface area (Å²) in [6, 6.07) is 15.2. The zero-order valence-corrected chi connectivity index (χ0v) is 22.0. The van der Waals surface area contributed by atoms with Gasteiger partial charge in [0.2, 0.25) is 0 Å². The third-order valence-electron chi connectivity index (χ3n) is 8.95. The number of carbonyl (C=O) groups excluding carboxylic acids is 1. The van der Waals surface area contributed by atoms with E-state index in [2.05, 4.69) is 91.4 Å². The van der Waals surface area contributed by atoms with Crippen LogP contribution in [0, 0.1) is 23.7 Å². The minimum absolute atomic E-state index is 0.0161. The van der Waals surface area contributed by atoms with Gasteiger partial charge in [0.1, 0.15) is 0 Å². The van der Waals surface area contributed by atoms with Crippen molar-refractivity contribution in [1.29, 1.82) is 0 Å². The molecule has 1 N–H and O–H groups in total. The van der Waals surface area contributed by atoms with Gasteiger partial charge in [-0.05, 0) is 66.2 Å². The van der Waals surface area contributed by atoms with Gasteiger partial charge in [-0.1, -0.05) is 72.6 Å². The zero-order chi connectivity index (χ0) is 23.8. The maximum absolute atomic E-state index is 13.8. The average Bonchev–Trinajstić information content (AvgIpc) is 3.49. The Hall–Kier alpha value is -2.40. The molecule has 0 saturated heterocycles. The van der Waals surface area contributed by atoms with Crippen molar-refractivity contribution >= 4 is 21.8 Å². The van der Waals surface area contributed by atoms with Gasteiger partial charge in [0.25, 0.3) is 5.91 Å². The number of amides is 1. The summed E-state index contributed by atoms with van der Waals surface area (Å²) in [4.78, 5) is 13.8. The van der Waals surface area contributed by atoms with Crippen LogP contribution < -0.4 is 5.32 Å². The average molecular weight is 518 g/mol. The van der Waals surface area contributed by atoms with Crippen LogP contribution in [0.25, 0.3) is 11.3 Å². The number of carbonyl (C=O) groups is 1. The molecule has 176 valence electrons. The summed E-state index contributed by atoms with van der Waals surface area (Å²) in [5.74, 6) is 0.673. The van der Waals surface area contributed by atoms with Crippen LogP contribution in [0.5, 0.6) is 0 Å². The fourth-order valence-corrected chi connectivity index (χ4v) is 7.53. The first-order valence-electron chi connectivity index (χ1n) is 12.4. The van der Waals surface area contributed by atoms with E-state index in [1.54, 1.807) is 0 Å². The van der Waals surface area contributed by atoms with Gasteiger partial charge in [-0.15, -0.1) is 0 Å². The summed E-state index contributed by atoms with van der Waals surface area (Å²) in [6.07, 6.45) is 4.44. The zero-order valence-electron chi connectivity index (χ0n) is 20.4. The molecule has 3 aliphatic rings. The molecule has 4 nitrogen and oxygen atoms in total. The molecule has 1 amide bonds. The van der Waals surface area contributed by atoms with Crippen molar-refractivity contribution in [3.8, 4) is 11.3 Å². The summed E-state index contributed by atoms with van der Waals surface area (Å²) in [5, 5.41) is 8.42. The van der Waals surface area contributed by atoms with Gasteiger partial charge < -0.3 is 5.32 Å². The molecule has 2 bridgehead atoms. The van der Waals surface area contributed by atoms with Crippen molar-refractivity contribution in [2.75, 3.05) is 0 Å². The molecule has 3 aliphatic carbocycles.